The highest BCUT2D eigenvalue weighted by atomic mass is 16.5. The third kappa shape index (κ3) is 23.9. The molecule has 16 heteroatoms. The lowest BCUT2D eigenvalue weighted by Gasteiger charge is -2.25. The van der Waals surface area contributed by atoms with E-state index in [1.807, 2.05) is 60.9 Å². The van der Waals surface area contributed by atoms with Gasteiger partial charge < -0.3 is 49.5 Å². The zero-order chi connectivity index (χ0) is 43.3. The summed E-state index contributed by atoms with van der Waals surface area (Å²) in [6.07, 6.45) is 5.91. The second kappa shape index (κ2) is 28.6. The number of carboxylic acids is 4. The number of ether oxygens (including phenoxy) is 2. The Labute approximate surface area is 339 Å². The number of likely N-dealkylation sites (N-methyl/N-ethyl adjacent to an activating group) is 2. The second-order valence-corrected chi connectivity index (χ2v) is 12.5. The Balaban J connectivity index is 0.000000426. The minimum atomic E-state index is -1.26. The van der Waals surface area contributed by atoms with Crippen LogP contribution in [0.4, 0.5) is 11.6 Å². The van der Waals surface area contributed by atoms with Gasteiger partial charge in [0.15, 0.2) is 0 Å². The predicted molar refractivity (Wildman–Crippen MR) is 222 cm³/mol. The molecule has 0 bridgehead atoms. The van der Waals surface area contributed by atoms with Crippen LogP contribution in [0, 0.1) is 0 Å². The maximum absolute atomic E-state index is 9.55. The number of rotatable bonds is 18. The highest BCUT2D eigenvalue weighted by molar-refractivity contribution is 5.90. The van der Waals surface area contributed by atoms with Crippen molar-refractivity contribution in [1.82, 2.24) is 19.8 Å². The van der Waals surface area contributed by atoms with E-state index in [-0.39, 0.29) is 0 Å². The van der Waals surface area contributed by atoms with E-state index >= 15 is 0 Å². The molecule has 4 aromatic rings. The largest absolute Gasteiger partial charge is 0.497 e. The summed E-state index contributed by atoms with van der Waals surface area (Å²) >= 11 is 0. The Kier molecular flexibility index (Phi) is 24.3. The summed E-state index contributed by atoms with van der Waals surface area (Å²) in [7, 11) is 11.7. The SMILES string of the molecule is COc1ccc(CN(CCN(C)C)c2ccccn2)cc1.COc1ccc(CN(CCN(C)C)c2ccccn2)cc1.O=C(O)/C=C\C(=O)O.O=C(O)/C=C\C(=O)O. The molecule has 4 N–H and O–H groups in total. The van der Waals surface area contributed by atoms with E-state index in [0.717, 1.165) is 62.4 Å². The van der Waals surface area contributed by atoms with Crippen LogP contribution in [0.25, 0.3) is 0 Å². The summed E-state index contributed by atoms with van der Waals surface area (Å²) in [5, 5.41) is 31.2. The standard InChI is InChI=1S/2C17H23N3O.2C4H4O4/c2*1-19(2)12-13-20(17-6-4-5-11-18-17)14-15-7-9-16(21-3)10-8-15;2*5-3(6)1-2-4(7)8/h2*4-11H,12-14H2,1-3H3;2*1-2H,(H,5,6)(H,7,8)/b;;2*2-1-. The fraction of sp³-hybridized carbons (Fsp3) is 0.286. The Bertz CT molecular complexity index is 1660. The highest BCUT2D eigenvalue weighted by Gasteiger charge is 2.10. The molecule has 0 amide bonds. The van der Waals surface area contributed by atoms with E-state index in [2.05, 4.69) is 94.2 Å². The second-order valence-electron chi connectivity index (χ2n) is 12.5. The number of anilines is 2. The average molecular weight is 803 g/mol. The van der Waals surface area contributed by atoms with Crippen LogP contribution in [0.1, 0.15) is 11.1 Å². The molecule has 2 aromatic carbocycles. The van der Waals surface area contributed by atoms with Gasteiger partial charge in [-0.15, -0.1) is 0 Å². The molecule has 2 heterocycles. The Morgan fingerprint density at radius 1 is 0.500 bits per heavy atom. The molecule has 0 aliphatic heterocycles. The summed E-state index contributed by atoms with van der Waals surface area (Å²) in [6.45, 7) is 5.55. The third-order valence-electron chi connectivity index (χ3n) is 7.38. The smallest absolute Gasteiger partial charge is 0.328 e. The molecule has 0 spiro atoms. The number of aromatic nitrogens is 2. The third-order valence-corrected chi connectivity index (χ3v) is 7.38. The van der Waals surface area contributed by atoms with Gasteiger partial charge in [-0.05, 0) is 87.8 Å². The first-order chi connectivity index (χ1) is 27.6. The van der Waals surface area contributed by atoms with Crippen molar-refractivity contribution in [2.24, 2.45) is 0 Å². The minimum Gasteiger partial charge on any atom is -0.497 e. The topological polar surface area (TPSA) is 206 Å². The maximum atomic E-state index is 9.55. The van der Waals surface area contributed by atoms with Crippen LogP contribution in [0.5, 0.6) is 11.5 Å². The van der Waals surface area contributed by atoms with Crippen molar-refractivity contribution in [2.45, 2.75) is 13.1 Å². The molecular weight excluding hydrogens is 748 g/mol. The van der Waals surface area contributed by atoms with Crippen LogP contribution in [-0.2, 0) is 32.3 Å². The van der Waals surface area contributed by atoms with Crippen molar-refractivity contribution < 1.29 is 49.1 Å². The van der Waals surface area contributed by atoms with E-state index in [0.29, 0.717) is 24.3 Å². The Morgan fingerprint density at radius 3 is 1.03 bits per heavy atom. The van der Waals surface area contributed by atoms with Crippen molar-refractivity contribution in [2.75, 3.05) is 78.4 Å². The molecule has 0 fully saturated rings. The van der Waals surface area contributed by atoms with Gasteiger partial charge in [-0.3, -0.25) is 0 Å². The van der Waals surface area contributed by atoms with E-state index in [4.69, 9.17) is 29.9 Å². The fourth-order valence-electron chi connectivity index (χ4n) is 4.46. The zero-order valence-corrected chi connectivity index (χ0v) is 33.7. The molecule has 0 unspecified atom stereocenters. The number of carbonyl (C=O) groups is 4. The quantitative estimate of drug-likeness (QED) is 0.100. The molecule has 0 aliphatic carbocycles. The predicted octanol–water partition coefficient (Wildman–Crippen LogP) is 4.74. The maximum Gasteiger partial charge on any atom is 0.328 e. The number of pyridine rings is 2. The van der Waals surface area contributed by atoms with Crippen LogP contribution in [0.3, 0.4) is 0 Å². The van der Waals surface area contributed by atoms with E-state index in [1.165, 1.54) is 11.1 Å². The number of hydrogen-bond acceptors (Lipinski definition) is 12. The first-order valence-corrected chi connectivity index (χ1v) is 17.8. The number of benzene rings is 2. The van der Waals surface area contributed by atoms with Gasteiger partial charge in [0, 0.05) is 76.0 Å². The summed E-state index contributed by atoms with van der Waals surface area (Å²) < 4.78 is 10.4. The lowest BCUT2D eigenvalue weighted by molar-refractivity contribution is -0.134. The molecule has 58 heavy (non-hydrogen) atoms. The zero-order valence-electron chi connectivity index (χ0n) is 33.7. The lowest BCUT2D eigenvalue weighted by atomic mass is 10.2. The molecule has 4 rings (SSSR count). The van der Waals surface area contributed by atoms with E-state index in [9.17, 15) is 19.2 Å². The van der Waals surface area contributed by atoms with Crippen molar-refractivity contribution in [3.63, 3.8) is 0 Å². The fourth-order valence-corrected chi connectivity index (χ4v) is 4.46. The highest BCUT2D eigenvalue weighted by Crippen LogP contribution is 2.18. The Hall–Kier alpha value is -6.78. The number of carboxylic acid groups (broad SMARTS) is 4. The number of nitrogens with zero attached hydrogens (tertiary/aromatic N) is 6. The van der Waals surface area contributed by atoms with Gasteiger partial charge in [0.1, 0.15) is 23.1 Å². The van der Waals surface area contributed by atoms with Gasteiger partial charge in [-0.25, -0.2) is 29.1 Å². The normalized spacial score (nSPS) is 10.3. The van der Waals surface area contributed by atoms with Gasteiger partial charge in [0.2, 0.25) is 0 Å². The van der Waals surface area contributed by atoms with Crippen LogP contribution in [0.2, 0.25) is 0 Å². The summed E-state index contributed by atoms with van der Waals surface area (Å²) in [5.74, 6) is -1.24. The first kappa shape index (κ1) is 49.2. The molecule has 2 aromatic heterocycles. The van der Waals surface area contributed by atoms with E-state index in [1.54, 1.807) is 14.2 Å². The Morgan fingerprint density at radius 2 is 0.810 bits per heavy atom. The van der Waals surface area contributed by atoms with Gasteiger partial charge in [0.25, 0.3) is 0 Å². The number of aliphatic carboxylic acids is 4. The van der Waals surface area contributed by atoms with Crippen molar-refractivity contribution in [3.05, 3.63) is 133 Å². The molecule has 0 saturated carbocycles. The lowest BCUT2D eigenvalue weighted by Crippen LogP contribution is -2.31. The molecule has 312 valence electrons. The van der Waals surface area contributed by atoms with Crippen molar-refractivity contribution in [1.29, 1.82) is 0 Å². The van der Waals surface area contributed by atoms with Crippen molar-refractivity contribution >= 4 is 35.5 Å². The molecular formula is C42H54N6O10. The number of methoxy groups -OCH3 is 2. The molecule has 0 atom stereocenters. The molecule has 0 saturated heterocycles. The first-order valence-electron chi connectivity index (χ1n) is 17.8. The summed E-state index contributed by atoms with van der Waals surface area (Å²) in [6, 6.07) is 28.5. The van der Waals surface area contributed by atoms with Gasteiger partial charge in [-0.2, -0.15) is 0 Å². The average Bonchev–Trinajstić information content (AvgIpc) is 3.21. The minimum absolute atomic E-state index is 0.558. The number of hydrogen-bond donors (Lipinski definition) is 4. The molecule has 0 aliphatic rings. The summed E-state index contributed by atoms with van der Waals surface area (Å²) in [4.78, 5) is 56.1. The van der Waals surface area contributed by atoms with Gasteiger partial charge >= 0.3 is 23.9 Å². The monoisotopic (exact) mass is 802 g/mol. The van der Waals surface area contributed by atoms with Gasteiger partial charge in [0.05, 0.1) is 14.2 Å². The van der Waals surface area contributed by atoms with E-state index < -0.39 is 23.9 Å². The van der Waals surface area contributed by atoms with Crippen LogP contribution in [-0.4, -0.2) is 133 Å². The van der Waals surface area contributed by atoms with Crippen molar-refractivity contribution in [3.8, 4) is 11.5 Å². The van der Waals surface area contributed by atoms with Crippen LogP contribution in [0.15, 0.2) is 122 Å². The molecule has 0 radical (unpaired) electrons. The van der Waals surface area contributed by atoms with Gasteiger partial charge in [-0.1, -0.05) is 36.4 Å². The van der Waals surface area contributed by atoms with Crippen LogP contribution < -0.4 is 19.3 Å². The molecule has 16 nitrogen and oxygen atoms in total. The summed E-state index contributed by atoms with van der Waals surface area (Å²) in [5.41, 5.74) is 2.50. The van der Waals surface area contributed by atoms with Crippen LogP contribution >= 0.6 is 0 Å².